The fourth-order valence-electron chi connectivity index (χ4n) is 4.23. The third-order valence-corrected chi connectivity index (χ3v) is 6.55. The largest absolute Gasteiger partial charge is 0.494 e. The van der Waals surface area contributed by atoms with Gasteiger partial charge in [-0.25, -0.2) is 0 Å². The third-order valence-electron chi connectivity index (χ3n) is 6.55. The molecule has 2 fully saturated rings. The molecular weight excluding hydrogens is 509 g/mol. The fourth-order valence-corrected chi connectivity index (χ4v) is 4.23. The Labute approximate surface area is 234 Å². The topological polar surface area (TPSA) is 143 Å². The predicted octanol–water partition coefficient (Wildman–Crippen LogP) is 0.670. The van der Waals surface area contributed by atoms with Gasteiger partial charge in [-0.15, -0.1) is 10.2 Å². The second-order valence-corrected chi connectivity index (χ2v) is 9.84. The molecule has 3 N–H and O–H groups in total. The molecule has 198 valence electrons. The van der Waals surface area contributed by atoms with E-state index >= 15 is 0 Å². The molecule has 2 aliphatic rings. The van der Waals surface area contributed by atoms with E-state index in [1.807, 2.05) is 0 Å². The number of nitrogens with zero attached hydrogens (tertiary/aromatic N) is 5. The molecule has 40 heavy (non-hydrogen) atoms. The number of nitrogens with one attached hydrogen (secondary N) is 3. The number of carbonyl (C=O) groups excluding carboxylic acids is 3. The lowest BCUT2D eigenvalue weighted by Gasteiger charge is -2.30. The summed E-state index contributed by atoms with van der Waals surface area (Å²) in [5.74, 6) is -0.597. The molecule has 1 saturated carbocycles. The van der Waals surface area contributed by atoms with Crippen LogP contribution in [0.25, 0.3) is 11.3 Å². The van der Waals surface area contributed by atoms with Gasteiger partial charge in [-0.2, -0.15) is 5.10 Å². The van der Waals surface area contributed by atoms with E-state index in [1.54, 1.807) is 36.2 Å². The van der Waals surface area contributed by atoms with Crippen LogP contribution in [0.15, 0.2) is 30.3 Å². The number of carbonyl (C=O) groups is 3. The van der Waals surface area contributed by atoms with Crippen LogP contribution >= 0.6 is 0 Å². The van der Waals surface area contributed by atoms with Gasteiger partial charge in [-0.1, -0.05) is 11.3 Å². The number of hydrogen-bond donors (Lipinski definition) is 3. The first-order valence-corrected chi connectivity index (χ1v) is 12.7. The zero-order chi connectivity index (χ0) is 28.6. The molecule has 12 nitrogen and oxygen atoms in total. The van der Waals surface area contributed by atoms with Crippen LogP contribution in [-0.2, 0) is 11.8 Å². The van der Waals surface area contributed by atoms with Gasteiger partial charge >= 0.3 is 0 Å². The second-order valence-electron chi connectivity index (χ2n) is 9.84. The van der Waals surface area contributed by atoms with E-state index in [0.717, 1.165) is 32.4 Å². The first kappa shape index (κ1) is 27.3. The Morgan fingerprint density at radius 1 is 1.07 bits per heavy atom. The zero-order valence-electron chi connectivity index (χ0n) is 22.1. The Balaban J connectivity index is 1.50. The number of hydrogen-bond acceptors (Lipinski definition) is 8. The molecule has 3 amide bonds. The standard InChI is InChI=1S/C25H25B3N8O4/c1-35-18(24(39)36-9-4-10-36)11-16(34-35)14-5-3-6-15(21(14)40-2)29-17-12-19(30-22(37)13-7-8-13)32-33-20(17)23(38)31-25(26,27)28/h3,5-6,11-13H,4,7-10H2,1-2H3,(H,31,38)(H2,29,30,32,37). The molecule has 2 aromatic heterocycles. The molecule has 0 bridgehead atoms. The number of amides is 3. The molecule has 3 aromatic rings. The summed E-state index contributed by atoms with van der Waals surface area (Å²) in [6.07, 6.45) is 2.59. The molecule has 5 rings (SSSR count). The molecule has 15 heteroatoms. The Morgan fingerprint density at radius 3 is 2.45 bits per heavy atom. The number of likely N-dealkylation sites (tertiary alicyclic amines) is 1. The van der Waals surface area contributed by atoms with Gasteiger partial charge in [0.05, 0.1) is 47.7 Å². The normalized spacial score (nSPS) is 14.7. The van der Waals surface area contributed by atoms with E-state index in [-0.39, 0.29) is 34.9 Å². The molecule has 6 radical (unpaired) electrons. The molecular formula is C25H25B3N8O4. The smallest absolute Gasteiger partial charge is 0.272 e. The maximum atomic E-state index is 12.9. The number of aryl methyl sites for hydroxylation is 1. The van der Waals surface area contributed by atoms with E-state index in [9.17, 15) is 14.4 Å². The minimum atomic E-state index is -2.00. The van der Waals surface area contributed by atoms with Crippen molar-refractivity contribution >= 4 is 58.5 Å². The average Bonchev–Trinajstić information content (AvgIpc) is 3.63. The van der Waals surface area contributed by atoms with E-state index < -0.39 is 11.1 Å². The van der Waals surface area contributed by atoms with Gasteiger partial charge in [0.15, 0.2) is 17.3 Å². The zero-order valence-corrected chi connectivity index (χ0v) is 22.1. The minimum Gasteiger partial charge on any atom is -0.494 e. The van der Waals surface area contributed by atoms with Crippen molar-refractivity contribution in [3.05, 3.63) is 41.7 Å². The summed E-state index contributed by atoms with van der Waals surface area (Å²) in [4.78, 5) is 39.8. The number of benzene rings is 1. The van der Waals surface area contributed by atoms with Crippen LogP contribution in [0.4, 0.5) is 17.2 Å². The van der Waals surface area contributed by atoms with Crippen LogP contribution in [0.5, 0.6) is 5.75 Å². The van der Waals surface area contributed by atoms with Crippen LogP contribution in [0.3, 0.4) is 0 Å². The van der Waals surface area contributed by atoms with Gasteiger partial charge in [-0.3, -0.25) is 19.1 Å². The van der Waals surface area contributed by atoms with Crippen LogP contribution in [-0.4, -0.2) is 91.6 Å². The quantitative estimate of drug-likeness (QED) is 0.341. The average molecular weight is 534 g/mol. The molecule has 3 heterocycles. The highest BCUT2D eigenvalue weighted by atomic mass is 16.5. The van der Waals surface area contributed by atoms with E-state index in [2.05, 4.69) is 31.2 Å². The predicted molar refractivity (Wildman–Crippen MR) is 150 cm³/mol. The number of anilines is 3. The maximum Gasteiger partial charge on any atom is 0.272 e. The van der Waals surface area contributed by atoms with Crippen LogP contribution < -0.4 is 20.7 Å². The summed E-state index contributed by atoms with van der Waals surface area (Å²) in [5.41, 5.74) is 2.02. The Bertz CT molecular complexity index is 1480. The highest BCUT2D eigenvalue weighted by Crippen LogP contribution is 2.38. The number of para-hydroxylation sites is 1. The van der Waals surface area contributed by atoms with Crippen molar-refractivity contribution in [1.29, 1.82) is 0 Å². The highest BCUT2D eigenvalue weighted by Gasteiger charge is 2.31. The van der Waals surface area contributed by atoms with Gasteiger partial charge in [0.25, 0.3) is 11.8 Å². The molecule has 0 unspecified atom stereocenters. The lowest BCUT2D eigenvalue weighted by atomic mass is 9.49. The van der Waals surface area contributed by atoms with Crippen molar-refractivity contribution in [3.8, 4) is 17.0 Å². The highest BCUT2D eigenvalue weighted by molar-refractivity contribution is 6.60. The number of aromatic nitrogens is 4. The molecule has 1 saturated heterocycles. The van der Waals surface area contributed by atoms with Gasteiger partial charge in [0, 0.05) is 37.7 Å². The van der Waals surface area contributed by atoms with Crippen molar-refractivity contribution in [1.82, 2.24) is 30.2 Å². The van der Waals surface area contributed by atoms with Crippen molar-refractivity contribution in [2.75, 3.05) is 30.8 Å². The first-order chi connectivity index (χ1) is 19.0. The number of methoxy groups -OCH3 is 1. The van der Waals surface area contributed by atoms with Gasteiger partial charge in [0.2, 0.25) is 5.91 Å². The molecule has 0 spiro atoms. The monoisotopic (exact) mass is 534 g/mol. The van der Waals surface area contributed by atoms with Crippen molar-refractivity contribution in [3.63, 3.8) is 0 Å². The SMILES string of the molecule is [B]C([B])([B])NC(=O)c1nnc(NC(=O)C2CC2)cc1Nc1cccc(-c2cc(C(=O)N3CCC3)n(C)n2)c1OC. The van der Waals surface area contributed by atoms with Crippen LogP contribution in [0, 0.1) is 5.92 Å². The lowest BCUT2D eigenvalue weighted by molar-refractivity contribution is -0.117. The van der Waals surface area contributed by atoms with Gasteiger partial charge in [0.1, 0.15) is 5.69 Å². The van der Waals surface area contributed by atoms with Crippen molar-refractivity contribution in [2.45, 2.75) is 24.5 Å². The Morgan fingerprint density at radius 2 is 1.82 bits per heavy atom. The molecule has 1 aromatic carbocycles. The van der Waals surface area contributed by atoms with Crippen LogP contribution in [0.1, 0.15) is 40.2 Å². The molecule has 0 atom stereocenters. The van der Waals surface area contributed by atoms with Crippen molar-refractivity contribution in [2.24, 2.45) is 13.0 Å². The van der Waals surface area contributed by atoms with Gasteiger partial charge in [-0.05, 0) is 37.5 Å². The Hall–Kier alpha value is -4.29. The van der Waals surface area contributed by atoms with E-state index in [4.69, 9.17) is 28.3 Å². The summed E-state index contributed by atoms with van der Waals surface area (Å²) in [7, 11) is 19.9. The second kappa shape index (κ2) is 10.7. The third kappa shape index (κ3) is 5.82. The summed E-state index contributed by atoms with van der Waals surface area (Å²) in [5, 5.41) is 18.6. The minimum absolute atomic E-state index is 0.0680. The molecule has 1 aliphatic carbocycles. The fraction of sp³-hybridized carbons (Fsp3) is 0.360. The van der Waals surface area contributed by atoms with Gasteiger partial charge < -0.3 is 25.6 Å². The lowest BCUT2D eigenvalue weighted by Crippen LogP contribution is -2.50. The molecule has 1 aliphatic heterocycles. The summed E-state index contributed by atoms with van der Waals surface area (Å²) >= 11 is 0. The first-order valence-electron chi connectivity index (χ1n) is 12.7. The Kier molecular flexibility index (Phi) is 7.30. The van der Waals surface area contributed by atoms with E-state index in [0.29, 0.717) is 28.4 Å². The van der Waals surface area contributed by atoms with Crippen LogP contribution in [0.2, 0.25) is 0 Å². The van der Waals surface area contributed by atoms with Crippen molar-refractivity contribution < 1.29 is 19.1 Å². The number of rotatable bonds is 9. The number of ether oxygens (including phenoxy) is 1. The summed E-state index contributed by atoms with van der Waals surface area (Å²) < 4.78 is 7.27. The van der Waals surface area contributed by atoms with E-state index in [1.165, 1.54) is 17.9 Å². The maximum absolute atomic E-state index is 12.9. The summed E-state index contributed by atoms with van der Waals surface area (Å²) in [6, 6.07) is 8.46. The summed E-state index contributed by atoms with van der Waals surface area (Å²) in [6.45, 7) is 1.45.